The molecule has 1 aromatic rings. The molecule has 36 heavy (non-hydrogen) atoms. The summed E-state index contributed by atoms with van der Waals surface area (Å²) in [6, 6.07) is 3.59. The lowest BCUT2D eigenvalue weighted by Gasteiger charge is -2.61. The van der Waals surface area contributed by atoms with Crippen LogP contribution in [0.15, 0.2) is 24.0 Å². The van der Waals surface area contributed by atoms with E-state index in [2.05, 4.69) is 4.90 Å². The summed E-state index contributed by atoms with van der Waals surface area (Å²) in [5.74, 6) is -2.33. The van der Waals surface area contributed by atoms with Crippen molar-refractivity contribution >= 4 is 17.9 Å². The van der Waals surface area contributed by atoms with Crippen LogP contribution in [0.2, 0.25) is 0 Å². The van der Waals surface area contributed by atoms with E-state index < -0.39 is 47.6 Å². The van der Waals surface area contributed by atoms with Crippen molar-refractivity contribution in [2.24, 2.45) is 0 Å². The summed E-state index contributed by atoms with van der Waals surface area (Å²) in [6.07, 6.45) is 0.322. The molecule has 5 rings (SSSR count). The minimum Gasteiger partial charge on any atom is -0.481 e. The molecule has 2 aliphatic heterocycles. The molecule has 10 nitrogen and oxygen atoms in total. The number of benzene rings is 1. The van der Waals surface area contributed by atoms with Gasteiger partial charge in [-0.05, 0) is 44.5 Å². The van der Waals surface area contributed by atoms with Gasteiger partial charge in [0.2, 0.25) is 6.10 Å². The molecule has 1 saturated heterocycles. The zero-order valence-corrected chi connectivity index (χ0v) is 20.4. The van der Waals surface area contributed by atoms with Gasteiger partial charge in [-0.3, -0.25) is 9.59 Å². The summed E-state index contributed by atoms with van der Waals surface area (Å²) in [5.41, 5.74) is 0.366. The number of hydrogen-bond acceptors (Lipinski definition) is 9. The molecule has 2 unspecified atom stereocenters. The van der Waals surface area contributed by atoms with E-state index in [1.807, 2.05) is 19.2 Å². The Morgan fingerprint density at radius 1 is 1.31 bits per heavy atom. The summed E-state index contributed by atoms with van der Waals surface area (Å²) in [7, 11) is 1.98. The fraction of sp³-hybridized carbons (Fsp3) is 0.577. The second kappa shape index (κ2) is 8.86. The van der Waals surface area contributed by atoms with Gasteiger partial charge in [0.05, 0.1) is 24.0 Å². The number of rotatable bonds is 8. The predicted octanol–water partition coefficient (Wildman–Crippen LogP) is 1.19. The van der Waals surface area contributed by atoms with Crippen molar-refractivity contribution < 1.29 is 43.9 Å². The highest BCUT2D eigenvalue weighted by atomic mass is 16.6. The Hall–Kier alpha value is -2.95. The van der Waals surface area contributed by atoms with E-state index in [1.54, 1.807) is 13.0 Å². The third kappa shape index (κ3) is 3.46. The van der Waals surface area contributed by atoms with Crippen molar-refractivity contribution in [1.29, 1.82) is 0 Å². The van der Waals surface area contributed by atoms with E-state index in [0.717, 1.165) is 11.1 Å². The zero-order chi connectivity index (χ0) is 25.8. The van der Waals surface area contributed by atoms with Gasteiger partial charge in [0.1, 0.15) is 11.5 Å². The maximum atomic E-state index is 13.1. The number of aliphatic hydroxyl groups excluding tert-OH is 1. The Bertz CT molecular complexity index is 1150. The van der Waals surface area contributed by atoms with Gasteiger partial charge in [0, 0.05) is 30.0 Å². The molecule has 4 aliphatic rings. The molecule has 2 aliphatic carbocycles. The minimum atomic E-state index is -1.61. The van der Waals surface area contributed by atoms with Crippen LogP contribution in [0.3, 0.4) is 0 Å². The molecule has 1 fully saturated rings. The molecule has 0 amide bonds. The Morgan fingerprint density at radius 3 is 2.78 bits per heavy atom. The molecule has 194 valence electrons. The fourth-order valence-corrected chi connectivity index (χ4v) is 6.57. The average molecular weight is 502 g/mol. The molecule has 1 aromatic carbocycles. The molecule has 10 heteroatoms. The Labute approximate surface area is 208 Å². The number of ether oxygens (including phenoxy) is 3. The monoisotopic (exact) mass is 501 g/mol. The van der Waals surface area contributed by atoms with Crippen LogP contribution in [-0.4, -0.2) is 75.6 Å². The van der Waals surface area contributed by atoms with Gasteiger partial charge in [-0.25, -0.2) is 4.79 Å². The molecular weight excluding hydrogens is 470 g/mol. The summed E-state index contributed by atoms with van der Waals surface area (Å²) < 4.78 is 17.2. The number of carbonyl (C=O) groups excluding carboxylic acids is 2. The largest absolute Gasteiger partial charge is 0.481 e. The van der Waals surface area contributed by atoms with Gasteiger partial charge in [-0.2, -0.15) is 0 Å². The van der Waals surface area contributed by atoms with Crippen molar-refractivity contribution in [2.45, 2.75) is 81.3 Å². The maximum Gasteiger partial charge on any atom is 0.353 e. The Kier molecular flexibility index (Phi) is 6.09. The normalized spacial score (nSPS) is 30.5. The smallest absolute Gasteiger partial charge is 0.353 e. The van der Waals surface area contributed by atoms with Crippen LogP contribution in [0.25, 0.3) is 0 Å². The van der Waals surface area contributed by atoms with E-state index in [4.69, 9.17) is 14.2 Å². The van der Waals surface area contributed by atoms with Gasteiger partial charge in [0.15, 0.2) is 6.10 Å². The topological polar surface area (TPSA) is 143 Å². The number of esters is 2. The summed E-state index contributed by atoms with van der Waals surface area (Å²) >= 11 is 0. The van der Waals surface area contributed by atoms with Gasteiger partial charge < -0.3 is 34.4 Å². The van der Waals surface area contributed by atoms with Crippen LogP contribution >= 0.6 is 0 Å². The average Bonchev–Trinajstić information content (AvgIpc) is 3.18. The Balaban J connectivity index is 1.52. The van der Waals surface area contributed by atoms with Crippen LogP contribution < -0.4 is 4.74 Å². The highest BCUT2D eigenvalue weighted by Gasteiger charge is 2.72. The van der Waals surface area contributed by atoms with Crippen LogP contribution in [0.5, 0.6) is 5.75 Å². The van der Waals surface area contributed by atoms with E-state index in [-0.39, 0.29) is 31.2 Å². The lowest BCUT2D eigenvalue weighted by Crippen LogP contribution is -2.74. The minimum absolute atomic E-state index is 0.0465. The predicted molar refractivity (Wildman–Crippen MR) is 124 cm³/mol. The molecule has 1 spiro atoms. The van der Waals surface area contributed by atoms with Gasteiger partial charge in [-0.15, -0.1) is 0 Å². The molecule has 3 N–H and O–H groups in total. The second-order valence-corrected chi connectivity index (χ2v) is 10.1. The van der Waals surface area contributed by atoms with Gasteiger partial charge in [-0.1, -0.05) is 19.1 Å². The van der Waals surface area contributed by atoms with Crippen LogP contribution in [0, 0.1) is 0 Å². The van der Waals surface area contributed by atoms with Crippen LogP contribution in [-0.2, 0) is 42.3 Å². The van der Waals surface area contributed by atoms with E-state index in [1.165, 1.54) is 0 Å². The highest BCUT2D eigenvalue weighted by Crippen LogP contribution is 2.64. The van der Waals surface area contributed by atoms with E-state index in [0.29, 0.717) is 37.1 Å². The molecule has 2 bridgehead atoms. The van der Waals surface area contributed by atoms with Crippen LogP contribution in [0.1, 0.15) is 55.7 Å². The number of aliphatic carboxylic acids is 1. The Morgan fingerprint density at radius 2 is 2.08 bits per heavy atom. The summed E-state index contributed by atoms with van der Waals surface area (Å²) in [6.45, 7) is 2.20. The second-order valence-electron chi connectivity index (χ2n) is 10.1. The first-order valence-corrected chi connectivity index (χ1v) is 12.3. The number of carbonyl (C=O) groups is 3. The lowest BCUT2D eigenvalue weighted by molar-refractivity contribution is -0.177. The highest BCUT2D eigenvalue weighted by molar-refractivity contribution is 5.84. The molecule has 0 saturated carbocycles. The molecule has 0 radical (unpaired) electrons. The number of hydrogen-bond donors (Lipinski definition) is 3. The number of aliphatic hydroxyl groups is 2. The first kappa shape index (κ1) is 24.7. The maximum absolute atomic E-state index is 13.1. The molecular formula is C26H31NO9. The van der Waals surface area contributed by atoms with Crippen molar-refractivity contribution in [2.75, 3.05) is 13.6 Å². The molecule has 2 heterocycles. The lowest BCUT2D eigenvalue weighted by atomic mass is 9.50. The third-order valence-electron chi connectivity index (χ3n) is 8.20. The van der Waals surface area contributed by atoms with Crippen LogP contribution in [0.4, 0.5) is 0 Å². The van der Waals surface area contributed by atoms with Crippen molar-refractivity contribution in [3.8, 4) is 5.75 Å². The first-order chi connectivity index (χ1) is 17.2. The number of nitrogens with zero attached hydrogens (tertiary/aromatic N) is 1. The summed E-state index contributed by atoms with van der Waals surface area (Å²) in [4.78, 5) is 38.6. The van der Waals surface area contributed by atoms with Crippen molar-refractivity contribution in [1.82, 2.24) is 4.90 Å². The SMILES string of the molecule is CCCC(=O)O[C@H](CC(=O)O)C(=O)OC1=CC[C@@]2(O)[C@H]3Cc4ccc(CO)c5c4C2(CCN3C)C1O5. The van der Waals surface area contributed by atoms with Gasteiger partial charge >= 0.3 is 17.9 Å². The fourth-order valence-electron chi connectivity index (χ4n) is 6.57. The molecule has 5 atom stereocenters. The standard InChI is InChI=1S/C26H31NO9/c1-3-4-20(31)34-17(12-19(29)30)24(32)35-16-7-8-26(33)18-11-14-5-6-15(13-28)22-21(14)25(26,23(16)36-22)9-10-27(18)2/h5-7,17-18,23,28,33H,3-4,8-13H2,1-2H3,(H,29,30)/t17-,18-,23?,25?,26-/m1/s1. The van der Waals surface area contributed by atoms with Gasteiger partial charge in [0.25, 0.3) is 0 Å². The number of likely N-dealkylation sites (N-methyl/N-ethyl adjacent to an activating group) is 1. The number of carboxylic acid groups (broad SMARTS) is 1. The first-order valence-electron chi connectivity index (χ1n) is 12.3. The zero-order valence-electron chi connectivity index (χ0n) is 20.4. The summed E-state index contributed by atoms with van der Waals surface area (Å²) in [5, 5.41) is 31.4. The van der Waals surface area contributed by atoms with E-state index >= 15 is 0 Å². The van der Waals surface area contributed by atoms with Crippen molar-refractivity contribution in [3.05, 3.63) is 40.7 Å². The quantitative estimate of drug-likeness (QED) is 0.445. The van der Waals surface area contributed by atoms with E-state index in [9.17, 15) is 29.7 Å². The number of piperidine rings is 1. The number of carboxylic acids is 1. The third-order valence-corrected chi connectivity index (χ3v) is 8.20. The number of likely N-dealkylation sites (tertiary alicyclic amines) is 1. The molecule has 0 aromatic heterocycles. The van der Waals surface area contributed by atoms with Crippen molar-refractivity contribution in [3.63, 3.8) is 0 Å².